The Hall–Kier alpha value is -2.48. The van der Waals surface area contributed by atoms with E-state index in [2.05, 4.69) is 17.1 Å². The predicted molar refractivity (Wildman–Crippen MR) is 103 cm³/mol. The molecule has 0 spiro atoms. The zero-order chi connectivity index (χ0) is 20.5. The molecule has 1 aromatic rings. The van der Waals surface area contributed by atoms with Gasteiger partial charge in [-0.05, 0) is 49.6 Å². The van der Waals surface area contributed by atoms with Gasteiger partial charge in [0.2, 0.25) is 11.8 Å². The Labute approximate surface area is 169 Å². The van der Waals surface area contributed by atoms with Crippen LogP contribution in [0.4, 0.5) is 4.39 Å². The van der Waals surface area contributed by atoms with Gasteiger partial charge < -0.3 is 9.64 Å². The highest BCUT2D eigenvalue weighted by molar-refractivity contribution is 6.05. The zero-order valence-electron chi connectivity index (χ0n) is 16.5. The van der Waals surface area contributed by atoms with Crippen LogP contribution in [0.2, 0.25) is 0 Å². The Morgan fingerprint density at radius 2 is 2.07 bits per heavy atom. The molecule has 3 aliphatic heterocycles. The van der Waals surface area contributed by atoms with Crippen LogP contribution in [0.25, 0.3) is 0 Å². The number of alkyl halides is 1. The van der Waals surface area contributed by atoms with Crippen LogP contribution in [0.15, 0.2) is 18.2 Å². The minimum absolute atomic E-state index is 0.0404. The molecule has 0 aromatic heterocycles. The number of carbonyl (C=O) groups excluding carboxylic acids is 3. The van der Waals surface area contributed by atoms with Crippen molar-refractivity contribution in [3.63, 3.8) is 0 Å². The molecule has 1 unspecified atom stereocenters. The molecule has 3 heterocycles. The molecule has 3 atom stereocenters. The summed E-state index contributed by atoms with van der Waals surface area (Å²) in [5.41, 5.74) is 1.36. The molecular formula is C21H26FN3O4. The summed E-state index contributed by atoms with van der Waals surface area (Å²) in [5.74, 6) is -0.286. The van der Waals surface area contributed by atoms with Crippen LogP contribution in [-0.4, -0.2) is 65.5 Å². The van der Waals surface area contributed by atoms with Crippen molar-refractivity contribution in [2.75, 3.05) is 19.7 Å². The van der Waals surface area contributed by atoms with Crippen LogP contribution in [0.5, 0.6) is 5.75 Å². The first-order chi connectivity index (χ1) is 14.0. The van der Waals surface area contributed by atoms with Gasteiger partial charge in [-0.3, -0.25) is 24.6 Å². The molecule has 3 aliphatic rings. The molecule has 156 valence electrons. The first-order valence-electron chi connectivity index (χ1n) is 10.2. The highest BCUT2D eigenvalue weighted by Crippen LogP contribution is 2.30. The number of hydrogen-bond acceptors (Lipinski definition) is 5. The van der Waals surface area contributed by atoms with E-state index in [1.54, 1.807) is 12.1 Å². The number of halogens is 1. The van der Waals surface area contributed by atoms with E-state index in [0.29, 0.717) is 43.7 Å². The summed E-state index contributed by atoms with van der Waals surface area (Å²) >= 11 is 0. The van der Waals surface area contributed by atoms with Gasteiger partial charge in [0.1, 0.15) is 24.6 Å². The number of imide groups is 1. The van der Waals surface area contributed by atoms with Crippen molar-refractivity contribution in [2.24, 2.45) is 0 Å². The third kappa shape index (κ3) is 3.99. The van der Waals surface area contributed by atoms with E-state index in [1.807, 2.05) is 6.07 Å². The maximum absolute atomic E-state index is 13.8. The largest absolute Gasteiger partial charge is 0.492 e. The van der Waals surface area contributed by atoms with E-state index in [0.717, 1.165) is 18.7 Å². The highest BCUT2D eigenvalue weighted by atomic mass is 19.1. The van der Waals surface area contributed by atoms with Crippen molar-refractivity contribution in [1.82, 2.24) is 15.1 Å². The molecule has 0 aliphatic carbocycles. The number of fused-ring (bicyclic) bond motifs is 1. The summed E-state index contributed by atoms with van der Waals surface area (Å²) in [6.07, 6.45) is 0.830. The topological polar surface area (TPSA) is 79.0 Å². The van der Waals surface area contributed by atoms with E-state index >= 15 is 0 Å². The molecule has 0 saturated carbocycles. The zero-order valence-corrected chi connectivity index (χ0v) is 16.5. The lowest BCUT2D eigenvalue weighted by molar-refractivity contribution is -0.136. The summed E-state index contributed by atoms with van der Waals surface area (Å²) < 4.78 is 19.7. The van der Waals surface area contributed by atoms with Crippen LogP contribution < -0.4 is 10.1 Å². The monoisotopic (exact) mass is 403 g/mol. The van der Waals surface area contributed by atoms with Gasteiger partial charge in [-0.2, -0.15) is 0 Å². The fraction of sp³-hybridized carbons (Fsp3) is 0.571. The molecule has 4 rings (SSSR count). The number of likely N-dealkylation sites (tertiary alicyclic amines) is 1. The first kappa shape index (κ1) is 19.8. The van der Waals surface area contributed by atoms with Crippen LogP contribution in [-0.2, 0) is 16.1 Å². The third-order valence-corrected chi connectivity index (χ3v) is 6.12. The van der Waals surface area contributed by atoms with Gasteiger partial charge >= 0.3 is 0 Å². The average Bonchev–Trinajstić information content (AvgIpc) is 3.02. The number of nitrogens with zero attached hydrogens (tertiary/aromatic N) is 2. The van der Waals surface area contributed by atoms with E-state index in [1.165, 1.54) is 4.90 Å². The molecule has 7 nitrogen and oxygen atoms in total. The maximum Gasteiger partial charge on any atom is 0.255 e. The fourth-order valence-electron chi connectivity index (χ4n) is 4.47. The Balaban J connectivity index is 1.42. The number of carbonyl (C=O) groups is 3. The molecular weight excluding hydrogens is 377 g/mol. The normalized spacial score (nSPS) is 27.7. The molecule has 0 bridgehead atoms. The van der Waals surface area contributed by atoms with Gasteiger partial charge in [0.05, 0.1) is 0 Å². The van der Waals surface area contributed by atoms with Gasteiger partial charge in [0.25, 0.3) is 5.91 Å². The van der Waals surface area contributed by atoms with Crippen molar-refractivity contribution in [1.29, 1.82) is 0 Å². The van der Waals surface area contributed by atoms with E-state index < -0.39 is 18.1 Å². The highest BCUT2D eigenvalue weighted by Gasteiger charge is 2.39. The SMILES string of the molecule is CCN1CC[C@@H](F)C[C@@H]1COc1ccc2c(c1)CN(C1CCC(=O)NC1=O)C2=O. The Kier molecular flexibility index (Phi) is 5.54. The second-order valence-electron chi connectivity index (χ2n) is 7.93. The second kappa shape index (κ2) is 8.10. The average molecular weight is 403 g/mol. The summed E-state index contributed by atoms with van der Waals surface area (Å²) in [6.45, 7) is 4.38. The van der Waals surface area contributed by atoms with Crippen LogP contribution >= 0.6 is 0 Å². The smallest absolute Gasteiger partial charge is 0.255 e. The molecule has 8 heteroatoms. The van der Waals surface area contributed by atoms with Crippen LogP contribution in [0.3, 0.4) is 0 Å². The number of hydrogen-bond donors (Lipinski definition) is 1. The predicted octanol–water partition coefficient (Wildman–Crippen LogP) is 1.65. The second-order valence-corrected chi connectivity index (χ2v) is 7.93. The number of ether oxygens (including phenoxy) is 1. The molecule has 3 amide bonds. The van der Waals surface area contributed by atoms with Gasteiger partial charge in [-0.25, -0.2) is 4.39 Å². The number of amides is 3. The number of piperidine rings is 2. The number of rotatable bonds is 5. The van der Waals surface area contributed by atoms with Gasteiger partial charge in [-0.15, -0.1) is 0 Å². The summed E-state index contributed by atoms with van der Waals surface area (Å²) in [5, 5.41) is 2.30. The Morgan fingerprint density at radius 3 is 2.83 bits per heavy atom. The first-order valence-corrected chi connectivity index (χ1v) is 10.2. The number of benzene rings is 1. The van der Waals surface area contributed by atoms with Crippen LogP contribution in [0.1, 0.15) is 48.5 Å². The summed E-state index contributed by atoms with van der Waals surface area (Å²) in [7, 11) is 0. The van der Waals surface area contributed by atoms with Crippen molar-refractivity contribution in [2.45, 2.75) is 57.4 Å². The molecule has 1 N–H and O–H groups in total. The summed E-state index contributed by atoms with van der Waals surface area (Å²) in [6, 6.07) is 4.70. The van der Waals surface area contributed by atoms with Crippen LogP contribution in [0, 0.1) is 0 Å². The lowest BCUT2D eigenvalue weighted by Crippen LogP contribution is -2.52. The molecule has 29 heavy (non-hydrogen) atoms. The lowest BCUT2D eigenvalue weighted by Gasteiger charge is -2.36. The van der Waals surface area contributed by atoms with E-state index in [-0.39, 0.29) is 24.3 Å². The molecule has 2 saturated heterocycles. The minimum atomic E-state index is -0.786. The van der Waals surface area contributed by atoms with E-state index in [4.69, 9.17) is 4.74 Å². The Bertz CT molecular complexity index is 830. The fourth-order valence-corrected chi connectivity index (χ4v) is 4.47. The van der Waals surface area contributed by atoms with Crippen molar-refractivity contribution in [3.8, 4) is 5.75 Å². The minimum Gasteiger partial charge on any atom is -0.492 e. The lowest BCUT2D eigenvalue weighted by atomic mass is 10.0. The quantitative estimate of drug-likeness (QED) is 0.757. The van der Waals surface area contributed by atoms with Gasteiger partial charge in [0.15, 0.2) is 0 Å². The van der Waals surface area contributed by atoms with Crippen molar-refractivity contribution in [3.05, 3.63) is 29.3 Å². The van der Waals surface area contributed by atoms with Crippen molar-refractivity contribution < 1.29 is 23.5 Å². The summed E-state index contributed by atoms with van der Waals surface area (Å²) in [4.78, 5) is 40.0. The number of nitrogens with one attached hydrogen (secondary N) is 1. The molecule has 2 fully saturated rings. The third-order valence-electron chi connectivity index (χ3n) is 6.12. The number of likely N-dealkylation sites (N-methyl/N-ethyl adjacent to an activating group) is 1. The van der Waals surface area contributed by atoms with E-state index in [9.17, 15) is 18.8 Å². The Morgan fingerprint density at radius 1 is 1.24 bits per heavy atom. The van der Waals surface area contributed by atoms with Crippen molar-refractivity contribution >= 4 is 17.7 Å². The standard InChI is InChI=1S/C21H26FN3O4/c1-2-24-8-7-14(22)10-15(24)12-29-16-3-4-17-13(9-16)11-25(21(17)28)18-5-6-19(26)23-20(18)27/h3-4,9,14-15,18H,2,5-8,10-12H2,1H3,(H,23,26,27)/t14-,15-,18?/m1/s1. The van der Waals surface area contributed by atoms with Gasteiger partial charge in [0, 0.05) is 31.1 Å². The maximum atomic E-state index is 13.8. The molecule has 1 aromatic carbocycles. The molecule has 0 radical (unpaired) electrons. The van der Waals surface area contributed by atoms with Gasteiger partial charge in [-0.1, -0.05) is 6.92 Å².